The SMILES string of the molecule is C=C(C)C(=O)OCCOCCOCCOCCOCCOCCOCCOCCOC(=O)c1ccccc1Nc1cccc(C(F)(F)F)c1. The molecule has 0 fully saturated rings. The Morgan fingerprint density at radius 1 is 0.612 bits per heavy atom. The highest BCUT2D eigenvalue weighted by Crippen LogP contribution is 2.32. The molecule has 15 heteroatoms. The number of hydrogen-bond donors (Lipinski definition) is 1. The Bertz CT molecular complexity index is 1230. The minimum atomic E-state index is -4.48. The second kappa shape index (κ2) is 25.4. The standard InChI is InChI=1S/C34H46F3NO11/c1-27(2)32(39)48-24-22-46-20-18-44-16-14-42-12-10-41-11-13-43-15-17-45-19-21-47-23-25-49-33(40)30-8-3-4-9-31(30)38-29-7-5-6-28(26-29)34(35,36)37/h3-9,26,38H,1,10-25H2,2H3. The van der Waals surface area contributed by atoms with Crippen molar-refractivity contribution < 1.29 is 65.4 Å². The van der Waals surface area contributed by atoms with Gasteiger partial charge in [0.1, 0.15) is 13.2 Å². The predicted molar refractivity (Wildman–Crippen MR) is 173 cm³/mol. The summed E-state index contributed by atoms with van der Waals surface area (Å²) in [7, 11) is 0. The van der Waals surface area contributed by atoms with Crippen LogP contribution >= 0.6 is 0 Å². The van der Waals surface area contributed by atoms with Crippen LogP contribution in [0.1, 0.15) is 22.8 Å². The van der Waals surface area contributed by atoms with E-state index in [1.54, 1.807) is 25.1 Å². The lowest BCUT2D eigenvalue weighted by molar-refractivity contribution is -0.140. The average molecular weight is 702 g/mol. The number of nitrogens with one attached hydrogen (secondary N) is 1. The van der Waals surface area contributed by atoms with Gasteiger partial charge in [-0.3, -0.25) is 0 Å². The molecular weight excluding hydrogens is 655 g/mol. The van der Waals surface area contributed by atoms with Crippen molar-refractivity contribution in [2.24, 2.45) is 0 Å². The number of hydrogen-bond acceptors (Lipinski definition) is 12. The molecule has 49 heavy (non-hydrogen) atoms. The topological polar surface area (TPSA) is 129 Å². The first kappa shape index (κ1) is 41.6. The van der Waals surface area contributed by atoms with E-state index in [-0.39, 0.29) is 31.1 Å². The van der Waals surface area contributed by atoms with Crippen LogP contribution in [0.15, 0.2) is 60.7 Å². The zero-order valence-electron chi connectivity index (χ0n) is 27.8. The van der Waals surface area contributed by atoms with Crippen molar-refractivity contribution in [3.63, 3.8) is 0 Å². The summed E-state index contributed by atoms with van der Waals surface area (Å²) in [5.41, 5.74) is 0.244. The predicted octanol–water partition coefficient (Wildman–Crippen LogP) is 4.84. The average Bonchev–Trinajstić information content (AvgIpc) is 3.08. The number of carbonyl (C=O) groups is 2. The lowest BCUT2D eigenvalue weighted by Gasteiger charge is -2.13. The van der Waals surface area contributed by atoms with E-state index in [2.05, 4.69) is 11.9 Å². The van der Waals surface area contributed by atoms with Gasteiger partial charge in [0.25, 0.3) is 0 Å². The maximum absolute atomic E-state index is 13.0. The van der Waals surface area contributed by atoms with Gasteiger partial charge < -0.3 is 47.9 Å². The molecule has 0 heterocycles. The van der Waals surface area contributed by atoms with Crippen LogP contribution in [0.2, 0.25) is 0 Å². The second-order valence-electron chi connectivity index (χ2n) is 10.1. The Labute approximate surface area is 284 Å². The first-order chi connectivity index (χ1) is 23.7. The van der Waals surface area contributed by atoms with Crippen LogP contribution in [-0.2, 0) is 53.6 Å². The Morgan fingerprint density at radius 3 is 1.49 bits per heavy atom. The van der Waals surface area contributed by atoms with Crippen LogP contribution in [0.4, 0.5) is 24.5 Å². The van der Waals surface area contributed by atoms with Crippen molar-refractivity contribution in [1.29, 1.82) is 0 Å². The summed E-state index contributed by atoms with van der Waals surface area (Å²) in [6.45, 7) is 10.5. The fourth-order valence-electron chi connectivity index (χ4n) is 3.71. The molecular formula is C34H46F3NO11. The fraction of sp³-hybridized carbons (Fsp3) is 0.529. The third kappa shape index (κ3) is 19.9. The van der Waals surface area contributed by atoms with E-state index in [9.17, 15) is 22.8 Å². The minimum Gasteiger partial charge on any atom is -0.460 e. The third-order valence-corrected chi connectivity index (χ3v) is 6.12. The van der Waals surface area contributed by atoms with E-state index < -0.39 is 23.7 Å². The quantitative estimate of drug-likeness (QED) is 0.0741. The van der Waals surface area contributed by atoms with Gasteiger partial charge in [0.15, 0.2) is 0 Å². The van der Waals surface area contributed by atoms with Gasteiger partial charge in [0.2, 0.25) is 0 Å². The lowest BCUT2D eigenvalue weighted by atomic mass is 10.1. The molecule has 0 aliphatic heterocycles. The molecule has 0 amide bonds. The summed E-state index contributed by atoms with van der Waals surface area (Å²) >= 11 is 0. The number of anilines is 2. The van der Waals surface area contributed by atoms with E-state index in [1.807, 2.05) is 0 Å². The van der Waals surface area contributed by atoms with Gasteiger partial charge in [-0.05, 0) is 37.3 Å². The highest BCUT2D eigenvalue weighted by molar-refractivity contribution is 5.96. The Hall–Kier alpha value is -3.57. The van der Waals surface area contributed by atoms with Gasteiger partial charge in [-0.25, -0.2) is 9.59 Å². The van der Waals surface area contributed by atoms with Crippen molar-refractivity contribution >= 4 is 23.3 Å². The molecule has 2 rings (SSSR count). The van der Waals surface area contributed by atoms with Crippen LogP contribution in [-0.4, -0.2) is 118 Å². The molecule has 0 aromatic heterocycles. The van der Waals surface area contributed by atoms with Crippen molar-refractivity contribution in [2.75, 3.05) is 111 Å². The molecule has 0 radical (unpaired) electrons. The number of halogens is 3. The number of esters is 2. The maximum Gasteiger partial charge on any atom is 0.416 e. The van der Waals surface area contributed by atoms with Crippen LogP contribution in [0.5, 0.6) is 0 Å². The van der Waals surface area contributed by atoms with Crippen molar-refractivity contribution in [1.82, 2.24) is 0 Å². The van der Waals surface area contributed by atoms with Crippen molar-refractivity contribution in [2.45, 2.75) is 13.1 Å². The van der Waals surface area contributed by atoms with E-state index in [0.29, 0.717) is 97.1 Å². The number of para-hydroxylation sites is 1. The maximum atomic E-state index is 13.0. The molecule has 0 aliphatic rings. The van der Waals surface area contributed by atoms with Gasteiger partial charge in [-0.15, -0.1) is 0 Å². The van der Waals surface area contributed by atoms with Crippen LogP contribution in [0, 0.1) is 0 Å². The smallest absolute Gasteiger partial charge is 0.416 e. The molecule has 0 unspecified atom stereocenters. The van der Waals surface area contributed by atoms with Gasteiger partial charge in [-0.2, -0.15) is 13.2 Å². The van der Waals surface area contributed by atoms with E-state index >= 15 is 0 Å². The number of ether oxygens (including phenoxy) is 9. The molecule has 0 spiro atoms. The van der Waals surface area contributed by atoms with Crippen LogP contribution in [0.25, 0.3) is 0 Å². The molecule has 0 saturated heterocycles. The minimum absolute atomic E-state index is 0.00685. The zero-order valence-corrected chi connectivity index (χ0v) is 27.8. The summed E-state index contributed by atoms with van der Waals surface area (Å²) in [4.78, 5) is 23.8. The first-order valence-corrected chi connectivity index (χ1v) is 15.8. The number of alkyl halides is 3. The fourth-order valence-corrected chi connectivity index (χ4v) is 3.71. The summed E-state index contributed by atoms with van der Waals surface area (Å²) in [6, 6.07) is 11.1. The Morgan fingerprint density at radius 2 is 1.04 bits per heavy atom. The Kier molecular flexibility index (Phi) is 21.6. The number of carbonyl (C=O) groups excluding carboxylic acids is 2. The first-order valence-electron chi connectivity index (χ1n) is 15.8. The molecule has 1 N–H and O–H groups in total. The second-order valence-corrected chi connectivity index (χ2v) is 10.1. The van der Waals surface area contributed by atoms with Crippen LogP contribution < -0.4 is 5.32 Å². The monoisotopic (exact) mass is 701 g/mol. The largest absolute Gasteiger partial charge is 0.460 e. The van der Waals surface area contributed by atoms with E-state index in [0.717, 1.165) is 12.1 Å². The normalized spacial score (nSPS) is 11.3. The number of benzene rings is 2. The summed E-state index contributed by atoms with van der Waals surface area (Å²) < 4.78 is 87.1. The van der Waals surface area contributed by atoms with Crippen LogP contribution in [0.3, 0.4) is 0 Å². The Balaban J connectivity index is 1.36. The molecule has 0 atom stereocenters. The molecule has 2 aromatic rings. The summed E-state index contributed by atoms with van der Waals surface area (Å²) in [5.74, 6) is -1.07. The highest BCUT2D eigenvalue weighted by atomic mass is 19.4. The molecule has 0 bridgehead atoms. The summed E-state index contributed by atoms with van der Waals surface area (Å²) in [5, 5.41) is 2.85. The van der Waals surface area contributed by atoms with Crippen molar-refractivity contribution in [3.8, 4) is 0 Å². The van der Waals surface area contributed by atoms with Crippen molar-refractivity contribution in [3.05, 3.63) is 71.8 Å². The van der Waals surface area contributed by atoms with E-state index in [4.69, 9.17) is 42.6 Å². The van der Waals surface area contributed by atoms with E-state index in [1.165, 1.54) is 18.2 Å². The zero-order chi connectivity index (χ0) is 35.6. The van der Waals surface area contributed by atoms with Gasteiger partial charge in [0.05, 0.1) is 109 Å². The highest BCUT2D eigenvalue weighted by Gasteiger charge is 2.30. The molecule has 12 nitrogen and oxygen atoms in total. The van der Waals surface area contributed by atoms with Gasteiger partial charge in [0, 0.05) is 11.3 Å². The van der Waals surface area contributed by atoms with Gasteiger partial charge >= 0.3 is 18.1 Å². The lowest BCUT2D eigenvalue weighted by Crippen LogP contribution is -2.16. The molecule has 0 saturated carbocycles. The third-order valence-electron chi connectivity index (χ3n) is 6.12. The van der Waals surface area contributed by atoms with Gasteiger partial charge in [-0.1, -0.05) is 24.8 Å². The number of rotatable bonds is 28. The summed E-state index contributed by atoms with van der Waals surface area (Å²) in [6.07, 6.45) is -4.48. The molecule has 274 valence electrons. The molecule has 2 aromatic carbocycles. The molecule has 0 aliphatic carbocycles.